The molecule has 0 saturated heterocycles. The molecule has 284 valence electrons. The molecule has 10 heteroatoms. The molecule has 54 heavy (non-hydrogen) atoms. The molecule has 0 aromatic heterocycles. The van der Waals surface area contributed by atoms with Gasteiger partial charge < -0.3 is 28.7 Å². The van der Waals surface area contributed by atoms with Crippen molar-refractivity contribution in [1.29, 1.82) is 0 Å². The van der Waals surface area contributed by atoms with E-state index in [0.717, 1.165) is 44.1 Å². The van der Waals surface area contributed by atoms with Gasteiger partial charge in [-0.25, -0.2) is 9.59 Å². The van der Waals surface area contributed by atoms with E-state index in [1.54, 1.807) is 13.8 Å². The molecular weight excluding hydrogens is 684 g/mol. The lowest BCUT2D eigenvalue weighted by atomic mass is 9.75. The Bertz CT molecular complexity index is 1940. The van der Waals surface area contributed by atoms with Crippen molar-refractivity contribution < 1.29 is 38.1 Å². The van der Waals surface area contributed by atoms with Crippen molar-refractivity contribution >= 4 is 45.4 Å². The Balaban J connectivity index is 0.000000208. The maximum absolute atomic E-state index is 12.9. The Kier molecular flexibility index (Phi) is 12.8. The second-order valence-corrected chi connectivity index (χ2v) is 13.6. The summed E-state index contributed by atoms with van der Waals surface area (Å²) in [4.78, 5) is 54.9. The standard InChI is InChI=1S/2C22H25NO4/c2*1-5-27-22(25)19-14(2)23(3)13-18(21(24)26-4)20(19)17-12-8-10-15-9-6-7-11-16(15)17/h2*6-12,18,20H,5,13H2,1-4H3/t2*18-,20+/m11/s1. The Morgan fingerprint density at radius 2 is 0.926 bits per heavy atom. The number of hydrogen-bond donors (Lipinski definition) is 0. The summed E-state index contributed by atoms with van der Waals surface area (Å²) in [7, 11) is 6.53. The molecule has 0 unspecified atom stereocenters. The fourth-order valence-corrected chi connectivity index (χ4v) is 7.82. The van der Waals surface area contributed by atoms with Crippen molar-refractivity contribution in [2.75, 3.05) is 54.6 Å². The lowest BCUT2D eigenvalue weighted by Gasteiger charge is -2.38. The van der Waals surface area contributed by atoms with E-state index in [1.807, 2.05) is 123 Å². The minimum Gasteiger partial charge on any atom is -0.469 e. The fraction of sp³-hybridized carbons (Fsp3) is 0.364. The van der Waals surface area contributed by atoms with Gasteiger partial charge in [0, 0.05) is 50.4 Å². The molecule has 0 N–H and O–H groups in total. The smallest absolute Gasteiger partial charge is 0.336 e. The second kappa shape index (κ2) is 17.5. The van der Waals surface area contributed by atoms with Crippen LogP contribution in [0.3, 0.4) is 0 Å². The number of carbonyl (C=O) groups is 4. The SMILES string of the molecule is CCOC(=O)C1=C(C)N(C)C[C@@H](C(=O)OC)[C@@H]1c1cccc2ccccc12.CCOC(=O)C1=C(C)N(C)C[C@@H](C(=O)OC)[C@@H]1c1cccc2ccccc12. The van der Waals surface area contributed by atoms with Crippen molar-refractivity contribution in [2.45, 2.75) is 39.5 Å². The summed E-state index contributed by atoms with van der Waals surface area (Å²) in [5.41, 5.74) is 4.59. The third-order valence-corrected chi connectivity index (χ3v) is 10.6. The first-order valence-corrected chi connectivity index (χ1v) is 18.3. The number of esters is 4. The van der Waals surface area contributed by atoms with Crippen molar-refractivity contribution in [3.8, 4) is 0 Å². The number of fused-ring (bicyclic) bond motifs is 2. The number of ether oxygens (including phenoxy) is 4. The molecule has 6 rings (SSSR count). The van der Waals surface area contributed by atoms with Gasteiger partial charge in [-0.1, -0.05) is 84.9 Å². The number of rotatable bonds is 8. The number of methoxy groups -OCH3 is 2. The van der Waals surface area contributed by atoms with Crippen molar-refractivity contribution in [3.63, 3.8) is 0 Å². The molecule has 0 aliphatic carbocycles. The van der Waals surface area contributed by atoms with Gasteiger partial charge in [-0.2, -0.15) is 0 Å². The highest BCUT2D eigenvalue weighted by Crippen LogP contribution is 2.44. The van der Waals surface area contributed by atoms with Gasteiger partial charge in [0.05, 0.1) is 50.4 Å². The molecule has 4 atom stereocenters. The summed E-state index contributed by atoms with van der Waals surface area (Å²) in [5, 5.41) is 4.19. The first kappa shape index (κ1) is 39.6. The predicted octanol–water partition coefficient (Wildman–Crippen LogP) is 6.99. The van der Waals surface area contributed by atoms with Crippen LogP contribution >= 0.6 is 0 Å². The van der Waals surface area contributed by atoms with Crippen molar-refractivity contribution in [3.05, 3.63) is 119 Å². The van der Waals surface area contributed by atoms with Crippen LogP contribution < -0.4 is 0 Å². The van der Waals surface area contributed by atoms with Crippen LogP contribution in [0.15, 0.2) is 107 Å². The summed E-state index contributed by atoms with van der Waals surface area (Å²) in [6.07, 6.45) is 0. The minimum atomic E-state index is -0.492. The first-order valence-electron chi connectivity index (χ1n) is 18.3. The van der Waals surface area contributed by atoms with E-state index >= 15 is 0 Å². The maximum Gasteiger partial charge on any atom is 0.336 e. The van der Waals surface area contributed by atoms with Crippen LogP contribution in [0.2, 0.25) is 0 Å². The molecule has 0 saturated carbocycles. The molecule has 0 spiro atoms. The number of carbonyl (C=O) groups excluding carboxylic acids is 4. The number of benzene rings is 4. The third kappa shape index (κ3) is 7.83. The van der Waals surface area contributed by atoms with Gasteiger partial charge in [0.2, 0.25) is 0 Å². The molecule has 0 bridgehead atoms. The monoisotopic (exact) mass is 734 g/mol. The van der Waals surface area contributed by atoms with E-state index in [4.69, 9.17) is 18.9 Å². The molecule has 4 aromatic carbocycles. The van der Waals surface area contributed by atoms with Crippen LogP contribution in [0.1, 0.15) is 50.7 Å². The predicted molar refractivity (Wildman–Crippen MR) is 208 cm³/mol. The van der Waals surface area contributed by atoms with E-state index in [-0.39, 0.29) is 37.1 Å². The fourth-order valence-electron chi connectivity index (χ4n) is 7.82. The topological polar surface area (TPSA) is 112 Å². The van der Waals surface area contributed by atoms with Crippen LogP contribution in [0.5, 0.6) is 0 Å². The normalized spacial score (nSPS) is 19.9. The molecular formula is C44H50N2O8. The minimum absolute atomic E-state index is 0.282. The van der Waals surface area contributed by atoms with E-state index in [1.165, 1.54) is 14.2 Å². The van der Waals surface area contributed by atoms with Gasteiger partial charge in [0.15, 0.2) is 0 Å². The highest BCUT2D eigenvalue weighted by molar-refractivity contribution is 5.97. The zero-order valence-corrected chi connectivity index (χ0v) is 32.4. The Hall–Kier alpha value is -5.64. The highest BCUT2D eigenvalue weighted by Gasteiger charge is 2.44. The van der Waals surface area contributed by atoms with Crippen LogP contribution in [0, 0.1) is 11.8 Å². The quantitative estimate of drug-likeness (QED) is 0.139. The zero-order chi connectivity index (χ0) is 39.1. The largest absolute Gasteiger partial charge is 0.469 e. The van der Waals surface area contributed by atoms with Crippen LogP contribution in [-0.2, 0) is 38.1 Å². The summed E-state index contributed by atoms with van der Waals surface area (Å²) in [5.74, 6) is -3.23. The van der Waals surface area contributed by atoms with Crippen LogP contribution in [0.25, 0.3) is 21.5 Å². The molecule has 0 amide bonds. The van der Waals surface area contributed by atoms with Gasteiger partial charge in [-0.05, 0) is 60.4 Å². The highest BCUT2D eigenvalue weighted by atomic mass is 16.5. The molecule has 2 aliphatic rings. The summed E-state index contributed by atoms with van der Waals surface area (Å²) in [6.45, 7) is 8.89. The van der Waals surface area contributed by atoms with Gasteiger partial charge >= 0.3 is 23.9 Å². The summed E-state index contributed by atoms with van der Waals surface area (Å²) in [6, 6.07) is 27.9. The molecule has 0 radical (unpaired) electrons. The van der Waals surface area contributed by atoms with Gasteiger partial charge in [-0.15, -0.1) is 0 Å². The average Bonchev–Trinajstić information content (AvgIpc) is 3.18. The maximum atomic E-state index is 12.9. The van der Waals surface area contributed by atoms with Crippen molar-refractivity contribution in [2.24, 2.45) is 11.8 Å². The van der Waals surface area contributed by atoms with Gasteiger partial charge in [0.1, 0.15) is 0 Å². The van der Waals surface area contributed by atoms with Gasteiger partial charge in [-0.3, -0.25) is 9.59 Å². The number of allylic oxidation sites excluding steroid dienone is 2. The first-order chi connectivity index (χ1) is 26.0. The van der Waals surface area contributed by atoms with E-state index in [0.29, 0.717) is 24.2 Å². The third-order valence-electron chi connectivity index (χ3n) is 10.6. The Morgan fingerprint density at radius 1 is 0.574 bits per heavy atom. The second-order valence-electron chi connectivity index (χ2n) is 13.6. The molecule has 2 heterocycles. The average molecular weight is 735 g/mol. The molecule has 10 nitrogen and oxygen atoms in total. The molecule has 4 aromatic rings. The molecule has 0 fully saturated rings. The zero-order valence-electron chi connectivity index (χ0n) is 32.4. The van der Waals surface area contributed by atoms with E-state index in [2.05, 4.69) is 0 Å². The Morgan fingerprint density at radius 3 is 1.28 bits per heavy atom. The van der Waals surface area contributed by atoms with Crippen LogP contribution in [0.4, 0.5) is 0 Å². The number of nitrogens with zero attached hydrogens (tertiary/aromatic N) is 2. The Labute approximate surface area is 317 Å². The lowest BCUT2D eigenvalue weighted by Crippen LogP contribution is -2.42. The van der Waals surface area contributed by atoms with Crippen LogP contribution in [-0.4, -0.2) is 88.3 Å². The molecule has 2 aliphatic heterocycles. The number of hydrogen-bond acceptors (Lipinski definition) is 10. The lowest BCUT2D eigenvalue weighted by molar-refractivity contribution is -0.149. The van der Waals surface area contributed by atoms with Gasteiger partial charge in [0.25, 0.3) is 0 Å². The van der Waals surface area contributed by atoms with E-state index < -0.39 is 23.7 Å². The summed E-state index contributed by atoms with van der Waals surface area (Å²) < 4.78 is 20.9. The van der Waals surface area contributed by atoms with E-state index in [9.17, 15) is 19.2 Å². The van der Waals surface area contributed by atoms with Crippen molar-refractivity contribution in [1.82, 2.24) is 9.80 Å². The summed E-state index contributed by atoms with van der Waals surface area (Å²) >= 11 is 0.